The van der Waals surface area contributed by atoms with Crippen molar-refractivity contribution in [2.75, 3.05) is 26.3 Å². The van der Waals surface area contributed by atoms with Crippen molar-refractivity contribution in [3.8, 4) is 11.4 Å². The topological polar surface area (TPSA) is 68.5 Å². The van der Waals surface area contributed by atoms with Crippen LogP contribution in [0.3, 0.4) is 0 Å². The Kier molecular flexibility index (Phi) is 5.25. The molecule has 0 aliphatic carbocycles. The number of carbonyl (C=O) groups is 1. The van der Waals surface area contributed by atoms with Crippen molar-refractivity contribution in [1.82, 2.24) is 15.0 Å². The second-order valence-corrected chi connectivity index (χ2v) is 7.73. The fraction of sp³-hybridized carbons (Fsp3) is 0.571. The number of aromatic nitrogens is 2. The molecule has 1 aromatic heterocycles. The Hall–Kier alpha value is -2.21. The number of unbranched alkanes of at least 4 members (excludes halogenated alkanes) is 1. The van der Waals surface area contributed by atoms with Crippen molar-refractivity contribution in [3.05, 3.63) is 36.2 Å². The fourth-order valence-electron chi connectivity index (χ4n) is 4.35. The highest BCUT2D eigenvalue weighted by molar-refractivity contribution is 5.76. The molecule has 2 saturated heterocycles. The van der Waals surface area contributed by atoms with E-state index in [-0.39, 0.29) is 17.2 Å². The average Bonchev–Trinajstić information content (AvgIpc) is 3.33. The van der Waals surface area contributed by atoms with Gasteiger partial charge in [-0.3, -0.25) is 4.79 Å². The number of amides is 1. The van der Waals surface area contributed by atoms with Crippen LogP contribution in [0.5, 0.6) is 0 Å². The molecule has 2 fully saturated rings. The summed E-state index contributed by atoms with van der Waals surface area (Å²) in [6, 6.07) is 9.87. The molecule has 2 aliphatic heterocycles. The first-order chi connectivity index (χ1) is 13.2. The van der Waals surface area contributed by atoms with Gasteiger partial charge in [0.2, 0.25) is 17.6 Å². The molecule has 1 amide bonds. The molecule has 1 aromatic carbocycles. The van der Waals surface area contributed by atoms with E-state index in [1.807, 2.05) is 35.2 Å². The summed E-state index contributed by atoms with van der Waals surface area (Å²) in [7, 11) is 0. The van der Waals surface area contributed by atoms with E-state index in [4.69, 9.17) is 14.2 Å². The number of rotatable bonds is 5. The Balaban J connectivity index is 1.59. The van der Waals surface area contributed by atoms with Crippen molar-refractivity contribution in [3.63, 3.8) is 0 Å². The van der Waals surface area contributed by atoms with E-state index in [9.17, 15) is 4.79 Å². The summed E-state index contributed by atoms with van der Waals surface area (Å²) >= 11 is 0. The normalized spacial score (nSPS) is 21.7. The van der Waals surface area contributed by atoms with Crippen LogP contribution in [-0.4, -0.2) is 47.3 Å². The Morgan fingerprint density at radius 2 is 2.04 bits per heavy atom. The van der Waals surface area contributed by atoms with Crippen LogP contribution in [0.4, 0.5) is 0 Å². The SMILES string of the molecule is CCCCC(=O)N1C[C@H](c2nc(-c3ccccc3)no2)C2(CCOCC2)C1. The molecule has 0 N–H and O–H groups in total. The number of hydrogen-bond donors (Lipinski definition) is 0. The molecule has 0 bridgehead atoms. The summed E-state index contributed by atoms with van der Waals surface area (Å²) in [6.07, 6.45) is 4.45. The van der Waals surface area contributed by atoms with Gasteiger partial charge >= 0.3 is 0 Å². The van der Waals surface area contributed by atoms with Crippen LogP contribution >= 0.6 is 0 Å². The maximum Gasteiger partial charge on any atom is 0.232 e. The summed E-state index contributed by atoms with van der Waals surface area (Å²) in [5, 5.41) is 4.21. The minimum atomic E-state index is -0.0133. The molecule has 6 heteroatoms. The van der Waals surface area contributed by atoms with Gasteiger partial charge < -0.3 is 14.2 Å². The third-order valence-corrected chi connectivity index (χ3v) is 6.01. The van der Waals surface area contributed by atoms with Crippen molar-refractivity contribution in [2.24, 2.45) is 5.41 Å². The Bertz CT molecular complexity index is 768. The second kappa shape index (κ2) is 7.80. The van der Waals surface area contributed by atoms with Crippen LogP contribution in [-0.2, 0) is 9.53 Å². The van der Waals surface area contributed by atoms with Crippen molar-refractivity contribution in [2.45, 2.75) is 44.9 Å². The monoisotopic (exact) mass is 369 g/mol. The second-order valence-electron chi connectivity index (χ2n) is 7.73. The van der Waals surface area contributed by atoms with E-state index in [2.05, 4.69) is 12.1 Å². The summed E-state index contributed by atoms with van der Waals surface area (Å²) in [4.78, 5) is 19.4. The molecule has 0 unspecified atom stereocenters. The maximum absolute atomic E-state index is 12.7. The van der Waals surface area contributed by atoms with Gasteiger partial charge in [0.25, 0.3) is 0 Å². The quantitative estimate of drug-likeness (QED) is 0.805. The van der Waals surface area contributed by atoms with Gasteiger partial charge in [-0.25, -0.2) is 0 Å². The first-order valence-corrected chi connectivity index (χ1v) is 9.96. The lowest BCUT2D eigenvalue weighted by molar-refractivity contribution is -0.131. The highest BCUT2D eigenvalue weighted by atomic mass is 16.5. The summed E-state index contributed by atoms with van der Waals surface area (Å²) in [5.74, 6) is 1.59. The van der Waals surface area contributed by atoms with Crippen LogP contribution in [0.1, 0.15) is 50.8 Å². The fourth-order valence-corrected chi connectivity index (χ4v) is 4.35. The number of nitrogens with zero attached hydrogens (tertiary/aromatic N) is 3. The van der Waals surface area contributed by atoms with Crippen molar-refractivity contribution >= 4 is 5.91 Å². The largest absolute Gasteiger partial charge is 0.381 e. The predicted octanol–water partition coefficient (Wildman–Crippen LogP) is 3.65. The first kappa shape index (κ1) is 18.2. The molecule has 2 aromatic rings. The standard InChI is InChI=1S/C21H27N3O3/c1-2-3-9-18(25)24-14-17(21(15-24)10-12-26-13-11-21)20-22-19(23-27-20)16-7-5-4-6-8-16/h4-8,17H,2-3,9-15H2,1H3/t17-/m1/s1. The molecule has 0 radical (unpaired) electrons. The van der Waals surface area contributed by atoms with Crippen LogP contribution in [0, 0.1) is 5.41 Å². The lowest BCUT2D eigenvalue weighted by Crippen LogP contribution is -2.37. The maximum atomic E-state index is 12.7. The van der Waals surface area contributed by atoms with Crippen molar-refractivity contribution in [1.29, 1.82) is 0 Å². The Morgan fingerprint density at radius 1 is 1.26 bits per heavy atom. The zero-order chi connectivity index (χ0) is 18.7. The zero-order valence-electron chi connectivity index (χ0n) is 15.9. The first-order valence-electron chi connectivity index (χ1n) is 9.96. The average molecular weight is 369 g/mol. The number of hydrogen-bond acceptors (Lipinski definition) is 5. The Morgan fingerprint density at radius 3 is 2.78 bits per heavy atom. The lowest BCUT2D eigenvalue weighted by atomic mass is 9.72. The van der Waals surface area contributed by atoms with E-state index < -0.39 is 0 Å². The Labute approximate surface area is 159 Å². The smallest absolute Gasteiger partial charge is 0.232 e. The molecular formula is C21H27N3O3. The molecule has 1 spiro atoms. The van der Waals surface area contributed by atoms with Crippen LogP contribution in [0.2, 0.25) is 0 Å². The minimum absolute atomic E-state index is 0.0133. The van der Waals surface area contributed by atoms with Gasteiger partial charge in [-0.05, 0) is 19.3 Å². The van der Waals surface area contributed by atoms with Gasteiger partial charge in [-0.15, -0.1) is 0 Å². The molecular weight excluding hydrogens is 342 g/mol. The van der Waals surface area contributed by atoms with Crippen LogP contribution < -0.4 is 0 Å². The number of likely N-dealkylation sites (tertiary alicyclic amines) is 1. The van der Waals surface area contributed by atoms with Crippen LogP contribution in [0.15, 0.2) is 34.9 Å². The highest BCUT2D eigenvalue weighted by Crippen LogP contribution is 2.49. The third-order valence-electron chi connectivity index (χ3n) is 6.01. The van der Waals surface area contributed by atoms with Gasteiger partial charge in [0.1, 0.15) is 0 Å². The van der Waals surface area contributed by atoms with E-state index in [0.29, 0.717) is 24.7 Å². The van der Waals surface area contributed by atoms with Gasteiger partial charge in [0.15, 0.2) is 0 Å². The molecule has 3 heterocycles. The third kappa shape index (κ3) is 3.63. The van der Waals surface area contributed by atoms with E-state index in [0.717, 1.165) is 51.0 Å². The van der Waals surface area contributed by atoms with Gasteiger partial charge in [0, 0.05) is 43.7 Å². The highest BCUT2D eigenvalue weighted by Gasteiger charge is 2.51. The summed E-state index contributed by atoms with van der Waals surface area (Å²) in [5.41, 5.74) is 0.933. The minimum Gasteiger partial charge on any atom is -0.381 e. The molecule has 2 aliphatic rings. The number of ether oxygens (including phenoxy) is 1. The molecule has 1 atom stereocenters. The predicted molar refractivity (Wildman–Crippen MR) is 101 cm³/mol. The van der Waals surface area contributed by atoms with E-state index in [1.165, 1.54) is 0 Å². The molecule has 27 heavy (non-hydrogen) atoms. The lowest BCUT2D eigenvalue weighted by Gasteiger charge is -2.36. The van der Waals surface area contributed by atoms with Gasteiger partial charge in [-0.1, -0.05) is 48.8 Å². The number of benzene rings is 1. The van der Waals surface area contributed by atoms with Crippen molar-refractivity contribution < 1.29 is 14.1 Å². The van der Waals surface area contributed by atoms with E-state index in [1.54, 1.807) is 0 Å². The molecule has 0 saturated carbocycles. The molecule has 144 valence electrons. The molecule has 6 nitrogen and oxygen atoms in total. The zero-order valence-corrected chi connectivity index (χ0v) is 15.9. The summed E-state index contributed by atoms with van der Waals surface area (Å²) in [6.45, 7) is 5.01. The van der Waals surface area contributed by atoms with Gasteiger partial charge in [-0.2, -0.15) is 4.98 Å². The molecule has 4 rings (SSSR count). The summed E-state index contributed by atoms with van der Waals surface area (Å²) < 4.78 is 11.3. The number of carbonyl (C=O) groups excluding carboxylic acids is 1. The van der Waals surface area contributed by atoms with E-state index >= 15 is 0 Å². The van der Waals surface area contributed by atoms with Crippen LogP contribution in [0.25, 0.3) is 11.4 Å². The van der Waals surface area contributed by atoms with Gasteiger partial charge in [0.05, 0.1) is 5.92 Å².